The normalized spacial score (nSPS) is 12.1. The number of hydrogen-bond donors (Lipinski definition) is 1. The van der Waals surface area contributed by atoms with Crippen molar-refractivity contribution < 1.29 is 9.53 Å². The van der Waals surface area contributed by atoms with Crippen molar-refractivity contribution in [3.8, 4) is 0 Å². The Labute approximate surface area is 96.8 Å². The SMILES string of the molecule is CNCCCC(=O)OC(C)c1ccccc1. The summed E-state index contributed by atoms with van der Waals surface area (Å²) in [6.07, 6.45) is 1.12. The Morgan fingerprint density at radius 2 is 2.06 bits per heavy atom. The van der Waals surface area contributed by atoms with Crippen LogP contribution in [-0.4, -0.2) is 19.6 Å². The fourth-order valence-corrected chi connectivity index (χ4v) is 1.46. The first-order valence-corrected chi connectivity index (χ1v) is 5.63. The molecule has 0 aliphatic rings. The van der Waals surface area contributed by atoms with Gasteiger partial charge in [0.25, 0.3) is 0 Å². The molecule has 0 aromatic heterocycles. The van der Waals surface area contributed by atoms with Gasteiger partial charge in [0.15, 0.2) is 0 Å². The van der Waals surface area contributed by atoms with Crippen LogP contribution in [0.15, 0.2) is 30.3 Å². The van der Waals surface area contributed by atoms with Crippen LogP contribution >= 0.6 is 0 Å². The first-order valence-electron chi connectivity index (χ1n) is 5.63. The van der Waals surface area contributed by atoms with Gasteiger partial charge in [0.05, 0.1) is 0 Å². The molecule has 3 nitrogen and oxygen atoms in total. The van der Waals surface area contributed by atoms with E-state index in [2.05, 4.69) is 5.32 Å². The smallest absolute Gasteiger partial charge is 0.306 e. The standard InChI is InChI=1S/C13H19NO2/c1-11(12-7-4-3-5-8-12)16-13(15)9-6-10-14-2/h3-5,7-8,11,14H,6,9-10H2,1-2H3. The number of ether oxygens (including phenoxy) is 1. The van der Waals surface area contributed by atoms with E-state index < -0.39 is 0 Å². The lowest BCUT2D eigenvalue weighted by Crippen LogP contribution is -2.13. The molecule has 1 rings (SSSR count). The fraction of sp³-hybridized carbons (Fsp3) is 0.462. The molecule has 0 heterocycles. The molecule has 1 aromatic rings. The van der Waals surface area contributed by atoms with Crippen molar-refractivity contribution in [3.05, 3.63) is 35.9 Å². The molecule has 3 heteroatoms. The van der Waals surface area contributed by atoms with Gasteiger partial charge < -0.3 is 10.1 Å². The summed E-state index contributed by atoms with van der Waals surface area (Å²) in [5, 5.41) is 3.00. The second-order valence-electron chi connectivity index (χ2n) is 3.75. The molecule has 0 radical (unpaired) electrons. The molecule has 0 spiro atoms. The minimum absolute atomic E-state index is 0.133. The molecular formula is C13H19NO2. The topological polar surface area (TPSA) is 38.3 Å². The quantitative estimate of drug-likeness (QED) is 0.591. The van der Waals surface area contributed by atoms with Gasteiger partial charge in [-0.05, 0) is 32.5 Å². The lowest BCUT2D eigenvalue weighted by atomic mass is 10.1. The van der Waals surface area contributed by atoms with Gasteiger partial charge in [0.2, 0.25) is 0 Å². The van der Waals surface area contributed by atoms with E-state index in [0.717, 1.165) is 18.5 Å². The number of rotatable bonds is 6. The largest absolute Gasteiger partial charge is 0.458 e. The summed E-state index contributed by atoms with van der Waals surface area (Å²) >= 11 is 0. The highest BCUT2D eigenvalue weighted by molar-refractivity contribution is 5.69. The Morgan fingerprint density at radius 3 is 2.69 bits per heavy atom. The summed E-state index contributed by atoms with van der Waals surface area (Å²) in [6, 6.07) is 9.77. The van der Waals surface area contributed by atoms with Crippen LogP contribution in [0.5, 0.6) is 0 Å². The maximum atomic E-state index is 11.5. The van der Waals surface area contributed by atoms with Crippen molar-refractivity contribution in [2.75, 3.05) is 13.6 Å². The molecule has 0 aliphatic carbocycles. The Morgan fingerprint density at radius 1 is 1.38 bits per heavy atom. The van der Waals surface area contributed by atoms with Crippen LogP contribution in [0, 0.1) is 0 Å². The van der Waals surface area contributed by atoms with Gasteiger partial charge in [-0.15, -0.1) is 0 Å². The van der Waals surface area contributed by atoms with Crippen LogP contribution in [0.3, 0.4) is 0 Å². The fourth-order valence-electron chi connectivity index (χ4n) is 1.46. The molecule has 1 aromatic carbocycles. The molecule has 1 N–H and O–H groups in total. The summed E-state index contributed by atoms with van der Waals surface area (Å²) in [6.45, 7) is 2.74. The van der Waals surface area contributed by atoms with Crippen molar-refractivity contribution in [1.82, 2.24) is 5.32 Å². The number of nitrogens with one attached hydrogen (secondary N) is 1. The lowest BCUT2D eigenvalue weighted by molar-refractivity contribution is -0.148. The van der Waals surface area contributed by atoms with Crippen LogP contribution < -0.4 is 5.32 Å². The molecule has 0 amide bonds. The van der Waals surface area contributed by atoms with Gasteiger partial charge in [-0.25, -0.2) is 0 Å². The second kappa shape index (κ2) is 7.01. The zero-order valence-electron chi connectivity index (χ0n) is 9.90. The number of esters is 1. The second-order valence-corrected chi connectivity index (χ2v) is 3.75. The predicted molar refractivity (Wildman–Crippen MR) is 64.1 cm³/mol. The Bertz CT molecular complexity index is 311. The van der Waals surface area contributed by atoms with Gasteiger partial charge in [-0.2, -0.15) is 0 Å². The van der Waals surface area contributed by atoms with E-state index in [4.69, 9.17) is 4.74 Å². The highest BCUT2D eigenvalue weighted by atomic mass is 16.5. The van der Waals surface area contributed by atoms with Crippen molar-refractivity contribution in [2.24, 2.45) is 0 Å². The number of hydrogen-bond acceptors (Lipinski definition) is 3. The summed E-state index contributed by atoms with van der Waals surface area (Å²) in [7, 11) is 1.87. The van der Waals surface area contributed by atoms with Gasteiger partial charge in [0.1, 0.15) is 6.10 Å². The zero-order valence-corrected chi connectivity index (χ0v) is 9.90. The summed E-state index contributed by atoms with van der Waals surface area (Å²) in [5.41, 5.74) is 1.03. The van der Waals surface area contributed by atoms with E-state index in [9.17, 15) is 4.79 Å². The summed E-state index contributed by atoms with van der Waals surface area (Å²) < 4.78 is 5.32. The molecule has 1 unspecified atom stereocenters. The minimum atomic E-state index is -0.164. The first kappa shape index (κ1) is 12.7. The van der Waals surface area contributed by atoms with Crippen molar-refractivity contribution >= 4 is 5.97 Å². The zero-order chi connectivity index (χ0) is 11.8. The van der Waals surface area contributed by atoms with E-state index in [1.165, 1.54) is 0 Å². The molecule has 0 fully saturated rings. The van der Waals surface area contributed by atoms with Crippen LogP contribution in [0.2, 0.25) is 0 Å². The molecule has 0 saturated carbocycles. The summed E-state index contributed by atoms with van der Waals surface area (Å²) in [5.74, 6) is -0.133. The average molecular weight is 221 g/mol. The van der Waals surface area contributed by atoms with E-state index in [1.54, 1.807) is 0 Å². The molecule has 88 valence electrons. The van der Waals surface area contributed by atoms with Crippen molar-refractivity contribution in [1.29, 1.82) is 0 Å². The molecule has 0 saturated heterocycles. The first-order chi connectivity index (χ1) is 7.74. The number of carbonyl (C=O) groups excluding carboxylic acids is 1. The Hall–Kier alpha value is -1.35. The maximum Gasteiger partial charge on any atom is 0.306 e. The number of carbonyl (C=O) groups is 1. The Balaban J connectivity index is 2.34. The number of benzene rings is 1. The maximum absolute atomic E-state index is 11.5. The van der Waals surface area contributed by atoms with Crippen LogP contribution in [-0.2, 0) is 9.53 Å². The highest BCUT2D eigenvalue weighted by Crippen LogP contribution is 2.16. The van der Waals surface area contributed by atoms with Gasteiger partial charge in [0, 0.05) is 6.42 Å². The molecule has 0 bridgehead atoms. The average Bonchev–Trinajstić information content (AvgIpc) is 2.30. The summed E-state index contributed by atoms with van der Waals surface area (Å²) in [4.78, 5) is 11.5. The van der Waals surface area contributed by atoms with E-state index >= 15 is 0 Å². The van der Waals surface area contributed by atoms with Crippen LogP contribution in [0.25, 0.3) is 0 Å². The third-order valence-electron chi connectivity index (χ3n) is 2.38. The molecular weight excluding hydrogens is 202 g/mol. The van der Waals surface area contributed by atoms with Gasteiger partial charge in [-0.1, -0.05) is 30.3 Å². The molecule has 0 aliphatic heterocycles. The molecule has 1 atom stereocenters. The third-order valence-corrected chi connectivity index (χ3v) is 2.38. The predicted octanol–water partition coefficient (Wildman–Crippen LogP) is 2.29. The minimum Gasteiger partial charge on any atom is -0.458 e. The highest BCUT2D eigenvalue weighted by Gasteiger charge is 2.10. The van der Waals surface area contributed by atoms with Gasteiger partial charge in [-0.3, -0.25) is 4.79 Å². The van der Waals surface area contributed by atoms with E-state index in [1.807, 2.05) is 44.3 Å². The molecule has 16 heavy (non-hydrogen) atoms. The van der Waals surface area contributed by atoms with Crippen LogP contribution in [0.4, 0.5) is 0 Å². The van der Waals surface area contributed by atoms with Gasteiger partial charge >= 0.3 is 5.97 Å². The van der Waals surface area contributed by atoms with Crippen molar-refractivity contribution in [2.45, 2.75) is 25.9 Å². The Kier molecular flexibility index (Phi) is 5.57. The van der Waals surface area contributed by atoms with Crippen LogP contribution in [0.1, 0.15) is 31.4 Å². The third kappa shape index (κ3) is 4.45. The monoisotopic (exact) mass is 221 g/mol. The van der Waals surface area contributed by atoms with E-state index in [0.29, 0.717) is 6.42 Å². The van der Waals surface area contributed by atoms with E-state index in [-0.39, 0.29) is 12.1 Å². The van der Waals surface area contributed by atoms with Crippen molar-refractivity contribution in [3.63, 3.8) is 0 Å². The lowest BCUT2D eigenvalue weighted by Gasteiger charge is -2.13.